The van der Waals surface area contributed by atoms with Crippen molar-refractivity contribution in [2.24, 2.45) is 0 Å². The van der Waals surface area contributed by atoms with E-state index in [0.29, 0.717) is 5.56 Å². The summed E-state index contributed by atoms with van der Waals surface area (Å²) in [4.78, 5) is 4.06. The monoisotopic (exact) mass is 287 g/mol. The normalized spacial score (nSPS) is 12.6. The summed E-state index contributed by atoms with van der Waals surface area (Å²) in [7, 11) is 0. The van der Waals surface area contributed by atoms with E-state index in [1.807, 2.05) is 18.2 Å². The van der Waals surface area contributed by atoms with E-state index in [9.17, 15) is 9.50 Å². The van der Waals surface area contributed by atoms with E-state index in [1.165, 1.54) is 12.1 Å². The molecule has 3 rings (SSSR count). The SMILES string of the molecule is OC(c1c(F)cccc1Cl)c1cccc2ccncc12. The Morgan fingerprint density at radius 3 is 2.70 bits per heavy atom. The van der Waals surface area contributed by atoms with Crippen LogP contribution in [0.3, 0.4) is 0 Å². The van der Waals surface area contributed by atoms with Crippen molar-refractivity contribution in [3.05, 3.63) is 76.8 Å². The van der Waals surface area contributed by atoms with Gasteiger partial charge in [-0.15, -0.1) is 0 Å². The summed E-state index contributed by atoms with van der Waals surface area (Å²) in [5.74, 6) is -0.522. The number of aromatic nitrogens is 1. The Morgan fingerprint density at radius 1 is 1.10 bits per heavy atom. The molecule has 0 spiro atoms. The van der Waals surface area contributed by atoms with Gasteiger partial charge in [0.05, 0.1) is 0 Å². The molecule has 0 aliphatic rings. The predicted molar refractivity (Wildman–Crippen MR) is 77.2 cm³/mol. The molecule has 4 heteroatoms. The molecule has 0 aliphatic carbocycles. The van der Waals surface area contributed by atoms with Crippen LogP contribution >= 0.6 is 11.6 Å². The highest BCUT2D eigenvalue weighted by molar-refractivity contribution is 6.31. The molecule has 1 atom stereocenters. The Bertz CT molecular complexity index is 750. The second kappa shape index (κ2) is 5.19. The van der Waals surface area contributed by atoms with Crippen LogP contribution < -0.4 is 0 Å². The van der Waals surface area contributed by atoms with Gasteiger partial charge in [-0.05, 0) is 29.1 Å². The third-order valence-electron chi connectivity index (χ3n) is 3.29. The first-order valence-electron chi connectivity index (χ1n) is 6.13. The molecule has 1 aromatic heterocycles. The minimum atomic E-state index is -1.13. The Labute approximate surface area is 120 Å². The number of aliphatic hydroxyl groups excluding tert-OH is 1. The van der Waals surface area contributed by atoms with Crippen LogP contribution in [0, 0.1) is 5.82 Å². The number of aliphatic hydroxyl groups is 1. The van der Waals surface area contributed by atoms with Crippen LogP contribution in [0.4, 0.5) is 4.39 Å². The highest BCUT2D eigenvalue weighted by Crippen LogP contribution is 2.33. The highest BCUT2D eigenvalue weighted by atomic mass is 35.5. The Kier molecular flexibility index (Phi) is 3.38. The summed E-state index contributed by atoms with van der Waals surface area (Å²) in [5.41, 5.74) is 0.674. The second-order valence-corrected chi connectivity index (χ2v) is 4.89. The van der Waals surface area contributed by atoms with Crippen molar-refractivity contribution in [1.29, 1.82) is 0 Å². The van der Waals surface area contributed by atoms with Gasteiger partial charge in [0.2, 0.25) is 0 Å². The molecule has 0 saturated carbocycles. The van der Waals surface area contributed by atoms with E-state index >= 15 is 0 Å². The maximum absolute atomic E-state index is 13.9. The zero-order valence-electron chi connectivity index (χ0n) is 10.4. The molecule has 0 aliphatic heterocycles. The molecule has 1 heterocycles. The van der Waals surface area contributed by atoms with Crippen LogP contribution in [0.1, 0.15) is 17.2 Å². The molecule has 0 radical (unpaired) electrons. The molecular weight excluding hydrogens is 277 g/mol. The predicted octanol–water partition coefficient (Wildman–Crippen LogP) is 4.11. The van der Waals surface area contributed by atoms with E-state index in [2.05, 4.69) is 4.98 Å². The maximum atomic E-state index is 13.9. The van der Waals surface area contributed by atoms with Crippen molar-refractivity contribution >= 4 is 22.4 Å². The Hall–Kier alpha value is -1.97. The van der Waals surface area contributed by atoms with Crippen molar-refractivity contribution in [2.75, 3.05) is 0 Å². The molecule has 2 aromatic carbocycles. The van der Waals surface area contributed by atoms with Gasteiger partial charge in [-0.3, -0.25) is 4.98 Å². The van der Waals surface area contributed by atoms with Gasteiger partial charge < -0.3 is 5.11 Å². The number of benzene rings is 2. The summed E-state index contributed by atoms with van der Waals surface area (Å²) >= 11 is 6.01. The number of hydrogen-bond donors (Lipinski definition) is 1. The van der Waals surface area contributed by atoms with Crippen LogP contribution in [0.2, 0.25) is 5.02 Å². The van der Waals surface area contributed by atoms with Crippen molar-refractivity contribution in [3.63, 3.8) is 0 Å². The lowest BCUT2D eigenvalue weighted by Gasteiger charge is -2.16. The standard InChI is InChI=1S/C16H11ClFNO/c17-13-5-2-6-14(18)15(13)16(20)11-4-1-3-10-7-8-19-9-12(10)11/h1-9,16,20H. The molecule has 1 N–H and O–H groups in total. The number of hydrogen-bond acceptors (Lipinski definition) is 2. The molecule has 0 saturated heterocycles. The van der Waals surface area contributed by atoms with Gasteiger partial charge in [-0.1, -0.05) is 35.9 Å². The number of halogens is 2. The van der Waals surface area contributed by atoms with Crippen molar-refractivity contribution in [2.45, 2.75) is 6.10 Å². The van der Waals surface area contributed by atoms with Gasteiger partial charge in [0.15, 0.2) is 0 Å². The minimum Gasteiger partial charge on any atom is -0.383 e. The summed E-state index contributed by atoms with van der Waals surface area (Å²) < 4.78 is 13.9. The summed E-state index contributed by atoms with van der Waals surface area (Å²) in [6.45, 7) is 0. The fraction of sp³-hybridized carbons (Fsp3) is 0.0625. The first kappa shape index (κ1) is 13.0. The van der Waals surface area contributed by atoms with E-state index < -0.39 is 11.9 Å². The Balaban J connectivity index is 2.21. The number of rotatable bonds is 2. The maximum Gasteiger partial charge on any atom is 0.130 e. The second-order valence-electron chi connectivity index (χ2n) is 4.48. The molecule has 3 aromatic rings. The zero-order chi connectivity index (χ0) is 14.1. The fourth-order valence-electron chi connectivity index (χ4n) is 2.30. The minimum absolute atomic E-state index is 0.0884. The number of nitrogens with zero attached hydrogens (tertiary/aromatic N) is 1. The van der Waals surface area contributed by atoms with Crippen LogP contribution in [0.25, 0.3) is 10.8 Å². The zero-order valence-corrected chi connectivity index (χ0v) is 11.2. The van der Waals surface area contributed by atoms with Gasteiger partial charge in [-0.2, -0.15) is 0 Å². The molecule has 1 unspecified atom stereocenters. The van der Waals surface area contributed by atoms with Crippen LogP contribution in [-0.2, 0) is 0 Å². The number of fused-ring (bicyclic) bond motifs is 1. The molecular formula is C16H11ClFNO. The average Bonchev–Trinajstić information content (AvgIpc) is 2.46. The topological polar surface area (TPSA) is 33.1 Å². The van der Waals surface area contributed by atoms with E-state index in [4.69, 9.17) is 11.6 Å². The van der Waals surface area contributed by atoms with Gasteiger partial charge in [0, 0.05) is 28.4 Å². The molecule has 20 heavy (non-hydrogen) atoms. The van der Waals surface area contributed by atoms with Crippen LogP contribution in [0.15, 0.2) is 54.9 Å². The lowest BCUT2D eigenvalue weighted by molar-refractivity contribution is 0.216. The van der Waals surface area contributed by atoms with Crippen molar-refractivity contribution < 1.29 is 9.50 Å². The smallest absolute Gasteiger partial charge is 0.130 e. The number of pyridine rings is 1. The lowest BCUT2D eigenvalue weighted by atomic mass is 9.96. The Morgan fingerprint density at radius 2 is 1.90 bits per heavy atom. The van der Waals surface area contributed by atoms with Crippen molar-refractivity contribution in [3.8, 4) is 0 Å². The molecule has 0 bridgehead atoms. The largest absolute Gasteiger partial charge is 0.383 e. The van der Waals surface area contributed by atoms with E-state index in [-0.39, 0.29) is 10.6 Å². The molecule has 100 valence electrons. The van der Waals surface area contributed by atoms with Gasteiger partial charge in [-0.25, -0.2) is 4.39 Å². The third kappa shape index (κ3) is 2.15. The molecule has 2 nitrogen and oxygen atoms in total. The van der Waals surface area contributed by atoms with Gasteiger partial charge in [0.1, 0.15) is 11.9 Å². The van der Waals surface area contributed by atoms with Gasteiger partial charge in [0.25, 0.3) is 0 Å². The first-order chi connectivity index (χ1) is 9.68. The highest BCUT2D eigenvalue weighted by Gasteiger charge is 2.20. The van der Waals surface area contributed by atoms with Crippen LogP contribution in [-0.4, -0.2) is 10.1 Å². The van der Waals surface area contributed by atoms with E-state index in [0.717, 1.165) is 10.8 Å². The van der Waals surface area contributed by atoms with Crippen molar-refractivity contribution in [1.82, 2.24) is 4.98 Å². The third-order valence-corrected chi connectivity index (χ3v) is 3.61. The first-order valence-corrected chi connectivity index (χ1v) is 6.51. The summed E-state index contributed by atoms with van der Waals surface area (Å²) in [6.07, 6.45) is 2.20. The molecule has 0 amide bonds. The lowest BCUT2D eigenvalue weighted by Crippen LogP contribution is -2.04. The fourth-order valence-corrected chi connectivity index (χ4v) is 2.57. The summed E-state index contributed by atoms with van der Waals surface area (Å²) in [5, 5.41) is 12.4. The van der Waals surface area contributed by atoms with Crippen LogP contribution in [0.5, 0.6) is 0 Å². The summed E-state index contributed by atoms with van der Waals surface area (Å²) in [6, 6.07) is 11.7. The molecule has 0 fully saturated rings. The quantitative estimate of drug-likeness (QED) is 0.769. The van der Waals surface area contributed by atoms with Gasteiger partial charge >= 0.3 is 0 Å². The average molecular weight is 288 g/mol. The van der Waals surface area contributed by atoms with E-state index in [1.54, 1.807) is 24.5 Å².